The molecule has 4 nitrogen and oxygen atoms in total. The predicted molar refractivity (Wildman–Crippen MR) is 74.6 cm³/mol. The molecule has 1 rings (SSSR count). The molecular weight excluding hydrogens is 228 g/mol. The molecule has 108 valence electrons. The van der Waals surface area contributed by atoms with E-state index in [-0.39, 0.29) is 6.10 Å². The van der Waals surface area contributed by atoms with Crippen LogP contribution in [0.5, 0.6) is 0 Å². The van der Waals surface area contributed by atoms with Gasteiger partial charge in [-0.2, -0.15) is 0 Å². The fraction of sp³-hybridized carbons (Fsp3) is 1.00. The fourth-order valence-corrected chi connectivity index (χ4v) is 2.76. The molecule has 1 saturated carbocycles. The first-order valence-electron chi connectivity index (χ1n) is 7.21. The van der Waals surface area contributed by atoms with Gasteiger partial charge in [-0.3, -0.25) is 0 Å². The molecule has 1 aliphatic carbocycles. The molecule has 0 heterocycles. The lowest BCUT2D eigenvalue weighted by atomic mass is 9.78. The van der Waals surface area contributed by atoms with Crippen LogP contribution < -0.4 is 5.32 Å². The minimum atomic E-state index is -0.552. The molecule has 1 aliphatic rings. The van der Waals surface area contributed by atoms with Crippen LogP contribution in [0.1, 0.15) is 39.0 Å². The number of hydrogen-bond acceptors (Lipinski definition) is 4. The summed E-state index contributed by atoms with van der Waals surface area (Å²) in [6.07, 6.45) is 4.91. The summed E-state index contributed by atoms with van der Waals surface area (Å²) in [5.74, 6) is 0.796. The molecule has 1 fully saturated rings. The zero-order valence-electron chi connectivity index (χ0n) is 12.2. The van der Waals surface area contributed by atoms with Gasteiger partial charge in [0.15, 0.2) is 0 Å². The van der Waals surface area contributed by atoms with Crippen molar-refractivity contribution in [1.82, 2.24) is 10.2 Å². The highest BCUT2D eigenvalue weighted by Crippen LogP contribution is 2.33. The van der Waals surface area contributed by atoms with E-state index in [2.05, 4.69) is 12.2 Å². The molecule has 4 heteroatoms. The van der Waals surface area contributed by atoms with Crippen LogP contribution in [0.2, 0.25) is 0 Å². The third kappa shape index (κ3) is 5.65. The summed E-state index contributed by atoms with van der Waals surface area (Å²) < 4.78 is 0. The van der Waals surface area contributed by atoms with Crippen LogP contribution in [0.25, 0.3) is 0 Å². The SMILES string of the molecule is CCC1CCC(O)(CNCC(O)CN(C)C)CC1. The van der Waals surface area contributed by atoms with E-state index in [1.807, 2.05) is 19.0 Å². The van der Waals surface area contributed by atoms with Crippen molar-refractivity contribution < 1.29 is 10.2 Å². The van der Waals surface area contributed by atoms with Crippen LogP contribution >= 0.6 is 0 Å². The Morgan fingerprint density at radius 3 is 2.44 bits per heavy atom. The van der Waals surface area contributed by atoms with E-state index in [1.165, 1.54) is 6.42 Å². The van der Waals surface area contributed by atoms with Crippen LogP contribution in [0.4, 0.5) is 0 Å². The molecule has 0 aliphatic heterocycles. The topological polar surface area (TPSA) is 55.7 Å². The van der Waals surface area contributed by atoms with E-state index < -0.39 is 5.60 Å². The number of rotatable bonds is 7. The summed E-state index contributed by atoms with van der Waals surface area (Å²) in [5, 5.41) is 23.4. The number of hydrogen-bond donors (Lipinski definition) is 3. The molecule has 0 amide bonds. The van der Waals surface area contributed by atoms with Gasteiger partial charge in [-0.15, -0.1) is 0 Å². The first kappa shape index (κ1) is 15.9. The average molecular weight is 258 g/mol. The maximum Gasteiger partial charge on any atom is 0.0791 e. The van der Waals surface area contributed by atoms with Crippen molar-refractivity contribution in [2.45, 2.75) is 50.7 Å². The molecule has 0 saturated heterocycles. The molecule has 0 aromatic carbocycles. The minimum absolute atomic E-state index is 0.365. The van der Waals surface area contributed by atoms with Crippen molar-refractivity contribution in [1.29, 1.82) is 0 Å². The summed E-state index contributed by atoms with van der Waals surface area (Å²) in [6.45, 7) is 4.04. The molecular formula is C14H30N2O2. The van der Waals surface area contributed by atoms with Gasteiger partial charge < -0.3 is 20.4 Å². The second-order valence-corrected chi connectivity index (χ2v) is 6.12. The number of likely N-dealkylation sites (N-methyl/N-ethyl adjacent to an activating group) is 1. The Morgan fingerprint density at radius 2 is 1.94 bits per heavy atom. The van der Waals surface area contributed by atoms with Crippen molar-refractivity contribution in [2.75, 3.05) is 33.7 Å². The molecule has 0 spiro atoms. The van der Waals surface area contributed by atoms with Gasteiger partial charge >= 0.3 is 0 Å². The van der Waals surface area contributed by atoms with E-state index >= 15 is 0 Å². The highest BCUT2D eigenvalue weighted by molar-refractivity contribution is 4.87. The maximum atomic E-state index is 10.4. The zero-order valence-corrected chi connectivity index (χ0v) is 12.2. The molecule has 0 aromatic rings. The molecule has 1 atom stereocenters. The Hall–Kier alpha value is -0.160. The highest BCUT2D eigenvalue weighted by Gasteiger charge is 2.32. The quantitative estimate of drug-likeness (QED) is 0.633. The fourth-order valence-electron chi connectivity index (χ4n) is 2.76. The first-order chi connectivity index (χ1) is 8.45. The van der Waals surface area contributed by atoms with E-state index in [0.29, 0.717) is 19.6 Å². The molecule has 0 aromatic heterocycles. The van der Waals surface area contributed by atoms with Crippen molar-refractivity contribution in [3.63, 3.8) is 0 Å². The van der Waals surface area contributed by atoms with Gasteiger partial charge in [0.2, 0.25) is 0 Å². The lowest BCUT2D eigenvalue weighted by Crippen LogP contribution is -2.46. The van der Waals surface area contributed by atoms with Gasteiger partial charge in [0.25, 0.3) is 0 Å². The summed E-state index contributed by atoms with van der Waals surface area (Å²) >= 11 is 0. The molecule has 1 unspecified atom stereocenters. The van der Waals surface area contributed by atoms with Crippen LogP contribution in [0.3, 0.4) is 0 Å². The summed E-state index contributed by atoms with van der Waals surface area (Å²) in [5.41, 5.74) is -0.552. The monoisotopic (exact) mass is 258 g/mol. The van der Waals surface area contributed by atoms with Crippen molar-refractivity contribution >= 4 is 0 Å². The lowest BCUT2D eigenvalue weighted by Gasteiger charge is -2.36. The minimum Gasteiger partial charge on any atom is -0.390 e. The Kier molecular flexibility index (Phi) is 6.57. The third-order valence-electron chi connectivity index (χ3n) is 4.02. The molecule has 0 radical (unpaired) electrons. The Bertz CT molecular complexity index is 226. The average Bonchev–Trinajstić information content (AvgIpc) is 2.29. The smallest absolute Gasteiger partial charge is 0.0791 e. The van der Waals surface area contributed by atoms with E-state index in [1.54, 1.807) is 0 Å². The normalized spacial score (nSPS) is 30.7. The summed E-state index contributed by atoms with van der Waals surface area (Å²) in [7, 11) is 3.89. The second kappa shape index (κ2) is 7.43. The Labute approximate surface area is 111 Å². The van der Waals surface area contributed by atoms with Gasteiger partial charge in [0, 0.05) is 19.6 Å². The maximum absolute atomic E-state index is 10.4. The zero-order chi connectivity index (χ0) is 13.6. The van der Waals surface area contributed by atoms with Crippen molar-refractivity contribution in [2.24, 2.45) is 5.92 Å². The number of nitrogens with one attached hydrogen (secondary N) is 1. The second-order valence-electron chi connectivity index (χ2n) is 6.12. The number of nitrogens with zero attached hydrogens (tertiary/aromatic N) is 1. The van der Waals surface area contributed by atoms with E-state index in [4.69, 9.17) is 0 Å². The molecule has 3 N–H and O–H groups in total. The van der Waals surface area contributed by atoms with Crippen LogP contribution in [0, 0.1) is 5.92 Å². The summed E-state index contributed by atoms with van der Waals surface area (Å²) in [4.78, 5) is 1.97. The van der Waals surface area contributed by atoms with Gasteiger partial charge in [0.05, 0.1) is 11.7 Å². The van der Waals surface area contributed by atoms with Crippen molar-refractivity contribution in [3.8, 4) is 0 Å². The lowest BCUT2D eigenvalue weighted by molar-refractivity contribution is -0.0108. The molecule has 0 bridgehead atoms. The first-order valence-corrected chi connectivity index (χ1v) is 7.21. The predicted octanol–water partition coefficient (Wildman–Crippen LogP) is 0.830. The van der Waals surface area contributed by atoms with Gasteiger partial charge in [-0.1, -0.05) is 13.3 Å². The third-order valence-corrected chi connectivity index (χ3v) is 4.02. The van der Waals surface area contributed by atoms with Crippen LogP contribution in [0.15, 0.2) is 0 Å². The summed E-state index contributed by atoms with van der Waals surface area (Å²) in [6, 6.07) is 0. The number of aliphatic hydroxyl groups is 2. The van der Waals surface area contributed by atoms with Crippen molar-refractivity contribution in [3.05, 3.63) is 0 Å². The Balaban J connectivity index is 2.18. The van der Waals surface area contributed by atoms with E-state index in [0.717, 1.165) is 31.6 Å². The van der Waals surface area contributed by atoms with Gasteiger partial charge in [-0.05, 0) is 45.7 Å². The standard InChI is InChI=1S/C14H30N2O2/c1-4-12-5-7-14(18,8-6-12)11-15-9-13(17)10-16(2)3/h12-13,15,17-18H,4-11H2,1-3H3. The van der Waals surface area contributed by atoms with Crippen LogP contribution in [-0.2, 0) is 0 Å². The van der Waals surface area contributed by atoms with Gasteiger partial charge in [-0.25, -0.2) is 0 Å². The highest BCUT2D eigenvalue weighted by atomic mass is 16.3. The molecule has 18 heavy (non-hydrogen) atoms. The Morgan fingerprint density at radius 1 is 1.33 bits per heavy atom. The number of aliphatic hydroxyl groups excluding tert-OH is 1. The van der Waals surface area contributed by atoms with Crippen LogP contribution in [-0.4, -0.2) is 60.5 Å². The van der Waals surface area contributed by atoms with E-state index in [9.17, 15) is 10.2 Å². The van der Waals surface area contributed by atoms with Gasteiger partial charge in [0.1, 0.15) is 0 Å². The largest absolute Gasteiger partial charge is 0.390 e.